The van der Waals surface area contributed by atoms with Crippen LogP contribution in [0.2, 0.25) is 0 Å². The van der Waals surface area contributed by atoms with E-state index in [-0.39, 0.29) is 0 Å². The van der Waals surface area contributed by atoms with Crippen LogP contribution in [0.25, 0.3) is 10.6 Å². The molecular formula is C9H9N3S. The lowest BCUT2D eigenvalue weighted by molar-refractivity contribution is 1.06. The van der Waals surface area contributed by atoms with E-state index in [0.717, 1.165) is 22.1 Å². The molecule has 0 fully saturated rings. The van der Waals surface area contributed by atoms with Gasteiger partial charge < -0.3 is 5.73 Å². The van der Waals surface area contributed by atoms with E-state index >= 15 is 0 Å². The van der Waals surface area contributed by atoms with Gasteiger partial charge in [0.1, 0.15) is 5.82 Å². The Kier molecular flexibility index (Phi) is 1.98. The van der Waals surface area contributed by atoms with Crippen molar-refractivity contribution in [1.29, 1.82) is 0 Å². The highest BCUT2D eigenvalue weighted by molar-refractivity contribution is 7.14. The third kappa shape index (κ3) is 1.53. The van der Waals surface area contributed by atoms with Crippen molar-refractivity contribution in [3.63, 3.8) is 0 Å². The molecule has 13 heavy (non-hydrogen) atoms. The third-order valence-corrected chi connectivity index (χ3v) is 2.66. The lowest BCUT2D eigenvalue weighted by atomic mass is 10.3. The van der Waals surface area contributed by atoms with E-state index in [2.05, 4.69) is 9.97 Å². The molecule has 2 heterocycles. The molecule has 0 aliphatic rings. The topological polar surface area (TPSA) is 51.8 Å². The van der Waals surface area contributed by atoms with Crippen LogP contribution in [0.5, 0.6) is 0 Å². The summed E-state index contributed by atoms with van der Waals surface area (Å²) in [6, 6.07) is 3.76. The average Bonchev–Trinajstić information content (AvgIpc) is 2.51. The molecule has 0 saturated carbocycles. The zero-order valence-electron chi connectivity index (χ0n) is 7.19. The van der Waals surface area contributed by atoms with Crippen molar-refractivity contribution in [2.24, 2.45) is 0 Å². The second kappa shape index (κ2) is 3.14. The average molecular weight is 191 g/mol. The Morgan fingerprint density at radius 3 is 2.85 bits per heavy atom. The molecule has 0 saturated heterocycles. The maximum atomic E-state index is 5.77. The summed E-state index contributed by atoms with van der Waals surface area (Å²) < 4.78 is 0. The number of aryl methyl sites for hydroxylation is 1. The Morgan fingerprint density at radius 1 is 1.38 bits per heavy atom. The molecule has 66 valence electrons. The van der Waals surface area contributed by atoms with Crippen molar-refractivity contribution in [1.82, 2.24) is 9.97 Å². The second-order valence-corrected chi connectivity index (χ2v) is 3.61. The molecule has 0 aliphatic heterocycles. The first-order valence-electron chi connectivity index (χ1n) is 3.90. The number of nitrogens with two attached hydrogens (primary N) is 1. The molecule has 2 N–H and O–H groups in total. The molecule has 0 radical (unpaired) electrons. The first-order valence-corrected chi connectivity index (χ1v) is 4.78. The molecule has 2 aromatic heterocycles. The van der Waals surface area contributed by atoms with Crippen molar-refractivity contribution in [2.45, 2.75) is 6.92 Å². The highest BCUT2D eigenvalue weighted by atomic mass is 32.1. The van der Waals surface area contributed by atoms with Crippen molar-refractivity contribution < 1.29 is 0 Å². The molecule has 0 atom stereocenters. The normalized spacial score (nSPS) is 10.2. The Hall–Kier alpha value is -1.42. The minimum Gasteiger partial charge on any atom is -0.397 e. The zero-order chi connectivity index (χ0) is 9.26. The van der Waals surface area contributed by atoms with Crippen molar-refractivity contribution in [3.8, 4) is 10.6 Å². The molecule has 3 nitrogen and oxygen atoms in total. The van der Waals surface area contributed by atoms with Gasteiger partial charge in [0.2, 0.25) is 0 Å². The maximum Gasteiger partial charge on any atom is 0.125 e. The maximum absolute atomic E-state index is 5.77. The summed E-state index contributed by atoms with van der Waals surface area (Å²) in [6.45, 7) is 1.87. The summed E-state index contributed by atoms with van der Waals surface area (Å²) >= 11 is 1.60. The van der Waals surface area contributed by atoms with E-state index in [1.54, 1.807) is 17.5 Å². The molecule has 0 spiro atoms. The Bertz CT molecular complexity index is 422. The number of anilines is 1. The molecule has 0 bridgehead atoms. The SMILES string of the molecule is Cc1nccc(-c2sccc2N)n1. The molecule has 2 rings (SSSR count). The smallest absolute Gasteiger partial charge is 0.125 e. The molecule has 0 amide bonds. The van der Waals surface area contributed by atoms with Crippen molar-refractivity contribution in [3.05, 3.63) is 29.5 Å². The summed E-state index contributed by atoms with van der Waals surface area (Å²) in [5.74, 6) is 0.769. The van der Waals surface area contributed by atoms with Gasteiger partial charge in [0.15, 0.2) is 0 Å². The highest BCUT2D eigenvalue weighted by Gasteiger charge is 2.04. The lowest BCUT2D eigenvalue weighted by Crippen LogP contribution is -1.90. The van der Waals surface area contributed by atoms with Crippen LogP contribution in [0, 0.1) is 6.92 Å². The van der Waals surface area contributed by atoms with Crippen LogP contribution in [-0.4, -0.2) is 9.97 Å². The molecule has 2 aromatic rings. The Morgan fingerprint density at radius 2 is 2.23 bits per heavy atom. The number of hydrogen-bond acceptors (Lipinski definition) is 4. The van der Waals surface area contributed by atoms with Gasteiger partial charge in [-0.3, -0.25) is 0 Å². The van der Waals surface area contributed by atoms with E-state index in [9.17, 15) is 0 Å². The summed E-state index contributed by atoms with van der Waals surface area (Å²) in [7, 11) is 0. The summed E-state index contributed by atoms with van der Waals surface area (Å²) in [6.07, 6.45) is 1.75. The number of thiophene rings is 1. The first-order chi connectivity index (χ1) is 6.27. The van der Waals surface area contributed by atoms with E-state index in [1.807, 2.05) is 24.4 Å². The minimum absolute atomic E-state index is 0.769. The van der Waals surface area contributed by atoms with Gasteiger partial charge in [0.25, 0.3) is 0 Å². The van der Waals surface area contributed by atoms with Gasteiger partial charge in [-0.25, -0.2) is 9.97 Å². The van der Waals surface area contributed by atoms with Crippen LogP contribution in [-0.2, 0) is 0 Å². The fraction of sp³-hybridized carbons (Fsp3) is 0.111. The van der Waals surface area contributed by atoms with Gasteiger partial charge in [-0.15, -0.1) is 11.3 Å². The van der Waals surface area contributed by atoms with Crippen LogP contribution in [0.4, 0.5) is 5.69 Å². The van der Waals surface area contributed by atoms with Gasteiger partial charge in [-0.2, -0.15) is 0 Å². The summed E-state index contributed by atoms with van der Waals surface area (Å²) in [5.41, 5.74) is 7.46. The van der Waals surface area contributed by atoms with Crippen molar-refractivity contribution in [2.75, 3.05) is 5.73 Å². The molecule has 0 unspecified atom stereocenters. The second-order valence-electron chi connectivity index (χ2n) is 2.69. The van der Waals surface area contributed by atoms with Crippen LogP contribution in [0.15, 0.2) is 23.7 Å². The predicted octanol–water partition coefficient (Wildman–Crippen LogP) is 2.10. The fourth-order valence-electron chi connectivity index (χ4n) is 1.11. The summed E-state index contributed by atoms with van der Waals surface area (Å²) in [4.78, 5) is 9.35. The standard InChI is InChI=1S/C9H9N3S/c1-6-11-4-2-8(12-6)9-7(10)3-5-13-9/h2-5H,10H2,1H3. The molecule has 0 aliphatic carbocycles. The lowest BCUT2D eigenvalue weighted by Gasteiger charge is -1.98. The number of nitrogens with zero attached hydrogens (tertiary/aromatic N) is 2. The van der Waals surface area contributed by atoms with Crippen LogP contribution >= 0.6 is 11.3 Å². The Balaban J connectivity index is 2.53. The van der Waals surface area contributed by atoms with Gasteiger partial charge in [-0.05, 0) is 24.4 Å². The fourth-order valence-corrected chi connectivity index (χ4v) is 1.90. The predicted molar refractivity (Wildman–Crippen MR) is 54.5 cm³/mol. The monoisotopic (exact) mass is 191 g/mol. The van der Waals surface area contributed by atoms with E-state index in [0.29, 0.717) is 0 Å². The number of hydrogen-bond donors (Lipinski definition) is 1. The van der Waals surface area contributed by atoms with E-state index in [1.165, 1.54) is 0 Å². The first kappa shape index (κ1) is 8.19. The van der Waals surface area contributed by atoms with Crippen LogP contribution in [0.3, 0.4) is 0 Å². The molecule has 0 aromatic carbocycles. The van der Waals surface area contributed by atoms with Crippen LogP contribution in [0.1, 0.15) is 5.82 Å². The van der Waals surface area contributed by atoms with Gasteiger partial charge in [0, 0.05) is 6.20 Å². The van der Waals surface area contributed by atoms with Crippen LogP contribution < -0.4 is 5.73 Å². The van der Waals surface area contributed by atoms with Crippen molar-refractivity contribution >= 4 is 17.0 Å². The molecule has 4 heteroatoms. The van der Waals surface area contributed by atoms with Gasteiger partial charge >= 0.3 is 0 Å². The summed E-state index contributed by atoms with van der Waals surface area (Å²) in [5, 5.41) is 1.96. The van der Waals surface area contributed by atoms with Gasteiger partial charge in [0.05, 0.1) is 16.3 Å². The minimum atomic E-state index is 0.769. The zero-order valence-corrected chi connectivity index (χ0v) is 8.01. The third-order valence-electron chi connectivity index (χ3n) is 1.70. The van der Waals surface area contributed by atoms with E-state index in [4.69, 9.17) is 5.73 Å². The van der Waals surface area contributed by atoms with Gasteiger partial charge in [-0.1, -0.05) is 0 Å². The molecular weight excluding hydrogens is 182 g/mol. The number of rotatable bonds is 1. The quantitative estimate of drug-likeness (QED) is 0.751. The number of nitrogen functional groups attached to an aromatic ring is 1. The number of aromatic nitrogens is 2. The van der Waals surface area contributed by atoms with E-state index < -0.39 is 0 Å². The highest BCUT2D eigenvalue weighted by Crippen LogP contribution is 2.29. The Labute approximate surface area is 80.3 Å². The largest absolute Gasteiger partial charge is 0.397 e.